The molecule has 2 heterocycles. The summed E-state index contributed by atoms with van der Waals surface area (Å²) in [5.41, 5.74) is 1.38. The smallest absolute Gasteiger partial charge is 0.217 e. The molecule has 3 unspecified atom stereocenters. The van der Waals surface area contributed by atoms with Gasteiger partial charge in [0.15, 0.2) is 0 Å². The minimum Gasteiger partial charge on any atom is -0.376 e. The van der Waals surface area contributed by atoms with Crippen molar-refractivity contribution < 1.29 is 9.53 Å². The van der Waals surface area contributed by atoms with Crippen LogP contribution in [0.4, 0.5) is 0 Å². The van der Waals surface area contributed by atoms with E-state index in [1.54, 1.807) is 6.92 Å². The van der Waals surface area contributed by atoms with Gasteiger partial charge in [-0.3, -0.25) is 4.79 Å². The molecule has 0 aromatic rings. The summed E-state index contributed by atoms with van der Waals surface area (Å²) >= 11 is 0. The van der Waals surface area contributed by atoms with E-state index in [9.17, 15) is 4.79 Å². The van der Waals surface area contributed by atoms with Crippen LogP contribution in [0.5, 0.6) is 0 Å². The number of nitrogens with one attached hydrogen (secondary N) is 1. The molecule has 3 rings (SSSR count). The number of ether oxygens (including phenoxy) is 1. The van der Waals surface area contributed by atoms with E-state index in [2.05, 4.69) is 28.4 Å². The lowest BCUT2D eigenvalue weighted by Crippen LogP contribution is -2.47. The summed E-state index contributed by atoms with van der Waals surface area (Å²) < 4.78 is 5.77. The van der Waals surface area contributed by atoms with Gasteiger partial charge in [0.05, 0.1) is 12.1 Å². The molecule has 4 nitrogen and oxygen atoms in total. The molecule has 0 saturated carbocycles. The first-order valence-electron chi connectivity index (χ1n) is 7.76. The Labute approximate surface area is 120 Å². The summed E-state index contributed by atoms with van der Waals surface area (Å²) in [6.45, 7) is 4.62. The SMILES string of the molecule is CC(=O)NC1C=CC=C2C1CCCN2CC1CCCO1. The normalized spacial score (nSPS) is 32.8. The number of hydrogen-bond donors (Lipinski definition) is 1. The molecule has 20 heavy (non-hydrogen) atoms. The van der Waals surface area contributed by atoms with Crippen molar-refractivity contribution in [1.82, 2.24) is 10.2 Å². The summed E-state index contributed by atoms with van der Waals surface area (Å²) in [4.78, 5) is 13.8. The number of rotatable bonds is 3. The summed E-state index contributed by atoms with van der Waals surface area (Å²) in [7, 11) is 0. The lowest BCUT2D eigenvalue weighted by atomic mass is 9.84. The van der Waals surface area contributed by atoms with Crippen molar-refractivity contribution in [2.45, 2.75) is 44.8 Å². The number of carbonyl (C=O) groups is 1. The zero-order chi connectivity index (χ0) is 13.9. The van der Waals surface area contributed by atoms with Gasteiger partial charge in [0.2, 0.25) is 5.91 Å². The Morgan fingerprint density at radius 1 is 1.45 bits per heavy atom. The Balaban J connectivity index is 1.69. The predicted molar refractivity (Wildman–Crippen MR) is 78.1 cm³/mol. The molecule has 2 saturated heterocycles. The average molecular weight is 276 g/mol. The molecule has 0 aromatic carbocycles. The van der Waals surface area contributed by atoms with Crippen molar-refractivity contribution in [2.75, 3.05) is 19.7 Å². The van der Waals surface area contributed by atoms with Crippen molar-refractivity contribution >= 4 is 5.91 Å². The largest absolute Gasteiger partial charge is 0.376 e. The van der Waals surface area contributed by atoms with Crippen LogP contribution in [0.25, 0.3) is 0 Å². The number of carbonyl (C=O) groups excluding carboxylic acids is 1. The minimum atomic E-state index is 0.0529. The van der Waals surface area contributed by atoms with E-state index in [1.807, 2.05) is 0 Å². The molecular weight excluding hydrogens is 252 g/mol. The van der Waals surface area contributed by atoms with Crippen molar-refractivity contribution in [1.29, 1.82) is 0 Å². The highest BCUT2D eigenvalue weighted by atomic mass is 16.5. The third-order valence-corrected chi connectivity index (χ3v) is 4.53. The van der Waals surface area contributed by atoms with E-state index in [1.165, 1.54) is 25.0 Å². The maximum absolute atomic E-state index is 11.3. The Morgan fingerprint density at radius 3 is 3.10 bits per heavy atom. The topological polar surface area (TPSA) is 41.6 Å². The number of nitrogens with zero attached hydrogens (tertiary/aromatic N) is 1. The highest BCUT2D eigenvalue weighted by Gasteiger charge is 2.33. The second kappa shape index (κ2) is 6.00. The van der Waals surface area contributed by atoms with Gasteiger partial charge in [0.25, 0.3) is 0 Å². The second-order valence-electron chi connectivity index (χ2n) is 6.03. The van der Waals surface area contributed by atoms with E-state index in [0.29, 0.717) is 12.0 Å². The van der Waals surface area contributed by atoms with Gasteiger partial charge in [-0.25, -0.2) is 0 Å². The minimum absolute atomic E-state index is 0.0529. The summed E-state index contributed by atoms with van der Waals surface area (Å²) in [5.74, 6) is 0.483. The van der Waals surface area contributed by atoms with Crippen LogP contribution < -0.4 is 5.32 Å². The Kier molecular flexibility index (Phi) is 4.10. The molecule has 1 amide bonds. The fourth-order valence-corrected chi connectivity index (χ4v) is 3.63. The summed E-state index contributed by atoms with van der Waals surface area (Å²) in [6, 6.07) is 0.153. The molecule has 4 heteroatoms. The molecule has 2 aliphatic heterocycles. The van der Waals surface area contributed by atoms with Crippen LogP contribution in [0.2, 0.25) is 0 Å². The van der Waals surface area contributed by atoms with Gasteiger partial charge in [0, 0.05) is 38.2 Å². The standard InChI is InChI=1S/C16H24N2O2/c1-12(19)17-15-7-2-8-16-14(15)6-3-9-18(16)11-13-5-4-10-20-13/h2,7-8,13-15H,3-6,9-11H2,1H3,(H,17,19). The van der Waals surface area contributed by atoms with Crippen LogP contribution in [-0.2, 0) is 9.53 Å². The number of amides is 1. The number of likely N-dealkylation sites (tertiary alicyclic amines) is 1. The van der Waals surface area contributed by atoms with Crippen molar-refractivity contribution in [3.8, 4) is 0 Å². The molecule has 3 atom stereocenters. The van der Waals surface area contributed by atoms with Gasteiger partial charge in [0.1, 0.15) is 0 Å². The third-order valence-electron chi connectivity index (χ3n) is 4.53. The molecule has 110 valence electrons. The van der Waals surface area contributed by atoms with E-state index in [0.717, 1.165) is 26.1 Å². The molecule has 3 aliphatic rings. The highest BCUT2D eigenvalue weighted by Crippen LogP contribution is 2.33. The second-order valence-corrected chi connectivity index (χ2v) is 6.03. The number of hydrogen-bond acceptors (Lipinski definition) is 3. The predicted octanol–water partition coefficient (Wildman–Crippen LogP) is 1.84. The van der Waals surface area contributed by atoms with Crippen molar-refractivity contribution in [2.24, 2.45) is 5.92 Å². The lowest BCUT2D eigenvalue weighted by molar-refractivity contribution is -0.119. The zero-order valence-corrected chi connectivity index (χ0v) is 12.2. The number of allylic oxidation sites excluding steroid dienone is 2. The molecule has 0 radical (unpaired) electrons. The molecule has 1 aliphatic carbocycles. The van der Waals surface area contributed by atoms with Gasteiger partial charge in [-0.05, 0) is 31.8 Å². The van der Waals surface area contributed by atoms with Gasteiger partial charge >= 0.3 is 0 Å². The lowest BCUT2D eigenvalue weighted by Gasteiger charge is -2.42. The first kappa shape index (κ1) is 13.7. The van der Waals surface area contributed by atoms with E-state index >= 15 is 0 Å². The summed E-state index contributed by atoms with van der Waals surface area (Å²) in [5, 5.41) is 3.07. The van der Waals surface area contributed by atoms with Gasteiger partial charge in [-0.2, -0.15) is 0 Å². The molecular formula is C16H24N2O2. The Morgan fingerprint density at radius 2 is 2.35 bits per heavy atom. The molecule has 0 spiro atoms. The van der Waals surface area contributed by atoms with Gasteiger partial charge in [-0.15, -0.1) is 0 Å². The van der Waals surface area contributed by atoms with Crippen LogP contribution >= 0.6 is 0 Å². The van der Waals surface area contributed by atoms with Crippen LogP contribution in [0, 0.1) is 5.92 Å². The van der Waals surface area contributed by atoms with Crippen LogP contribution in [0.1, 0.15) is 32.6 Å². The Hall–Kier alpha value is -1.29. The number of piperidine rings is 1. The van der Waals surface area contributed by atoms with Crippen LogP contribution in [-0.4, -0.2) is 42.6 Å². The highest BCUT2D eigenvalue weighted by molar-refractivity contribution is 5.73. The number of fused-ring (bicyclic) bond motifs is 1. The van der Waals surface area contributed by atoms with Gasteiger partial charge in [-0.1, -0.05) is 12.2 Å². The van der Waals surface area contributed by atoms with E-state index < -0.39 is 0 Å². The zero-order valence-electron chi connectivity index (χ0n) is 12.2. The maximum Gasteiger partial charge on any atom is 0.217 e. The van der Waals surface area contributed by atoms with Crippen molar-refractivity contribution in [3.63, 3.8) is 0 Å². The molecule has 1 N–H and O–H groups in total. The molecule has 2 fully saturated rings. The van der Waals surface area contributed by atoms with E-state index in [-0.39, 0.29) is 11.9 Å². The van der Waals surface area contributed by atoms with Crippen LogP contribution in [0.15, 0.2) is 23.9 Å². The maximum atomic E-state index is 11.3. The average Bonchev–Trinajstić information content (AvgIpc) is 2.92. The van der Waals surface area contributed by atoms with E-state index in [4.69, 9.17) is 4.74 Å². The van der Waals surface area contributed by atoms with Crippen molar-refractivity contribution in [3.05, 3.63) is 23.9 Å². The Bertz CT molecular complexity index is 424. The third kappa shape index (κ3) is 2.90. The fraction of sp³-hybridized carbons (Fsp3) is 0.688. The monoisotopic (exact) mass is 276 g/mol. The first-order chi connectivity index (χ1) is 9.74. The van der Waals surface area contributed by atoms with Crippen LogP contribution in [0.3, 0.4) is 0 Å². The fourth-order valence-electron chi connectivity index (χ4n) is 3.63. The first-order valence-corrected chi connectivity index (χ1v) is 7.76. The van der Waals surface area contributed by atoms with Gasteiger partial charge < -0.3 is 15.0 Å². The molecule has 0 aromatic heterocycles. The molecule has 0 bridgehead atoms. The summed E-state index contributed by atoms with van der Waals surface area (Å²) in [6.07, 6.45) is 11.5. The quantitative estimate of drug-likeness (QED) is 0.855.